The first-order valence-corrected chi connectivity index (χ1v) is 11.7. The molecular weight excluding hydrogens is 448 g/mol. The highest BCUT2D eigenvalue weighted by atomic mass is 16.3. The summed E-state index contributed by atoms with van der Waals surface area (Å²) in [5, 5.41) is 39.7. The molecule has 0 bridgehead atoms. The third-order valence-electron chi connectivity index (χ3n) is 6.52. The van der Waals surface area contributed by atoms with Crippen LogP contribution in [0.25, 0.3) is 0 Å². The summed E-state index contributed by atoms with van der Waals surface area (Å²) in [4.78, 5) is 0. The summed E-state index contributed by atoms with van der Waals surface area (Å²) < 4.78 is 0. The SMILES string of the molecule is Oc1ccc(C(c2ccc(O)cc2)c2ccccc2C(c2ccc(O)cc2)c2ccc(O)cc2)cc1. The van der Waals surface area contributed by atoms with Crippen LogP contribution in [0.1, 0.15) is 45.2 Å². The lowest BCUT2D eigenvalue weighted by Gasteiger charge is -2.27. The molecule has 0 radical (unpaired) electrons. The molecule has 5 aromatic rings. The van der Waals surface area contributed by atoms with Gasteiger partial charge in [0.25, 0.3) is 0 Å². The number of rotatable bonds is 6. The van der Waals surface area contributed by atoms with Gasteiger partial charge in [0, 0.05) is 11.8 Å². The van der Waals surface area contributed by atoms with Gasteiger partial charge in [0.15, 0.2) is 0 Å². The highest BCUT2D eigenvalue weighted by Crippen LogP contribution is 2.42. The normalized spacial score (nSPS) is 11.2. The van der Waals surface area contributed by atoms with Crippen LogP contribution in [0.4, 0.5) is 0 Å². The van der Waals surface area contributed by atoms with Crippen LogP contribution in [-0.2, 0) is 0 Å². The van der Waals surface area contributed by atoms with Gasteiger partial charge in [0.1, 0.15) is 23.0 Å². The Morgan fingerprint density at radius 1 is 0.306 bits per heavy atom. The molecule has 5 rings (SSSR count). The molecular formula is C32H26O4. The predicted molar refractivity (Wildman–Crippen MR) is 141 cm³/mol. The first-order chi connectivity index (χ1) is 17.5. The van der Waals surface area contributed by atoms with Crippen molar-refractivity contribution in [2.75, 3.05) is 0 Å². The van der Waals surface area contributed by atoms with E-state index in [9.17, 15) is 20.4 Å². The van der Waals surface area contributed by atoms with Crippen LogP contribution < -0.4 is 0 Å². The van der Waals surface area contributed by atoms with Gasteiger partial charge in [0.2, 0.25) is 0 Å². The Morgan fingerprint density at radius 2 is 0.528 bits per heavy atom. The lowest BCUT2D eigenvalue weighted by atomic mass is 9.76. The van der Waals surface area contributed by atoms with E-state index in [1.165, 1.54) is 0 Å². The van der Waals surface area contributed by atoms with E-state index >= 15 is 0 Å². The fraction of sp³-hybridized carbons (Fsp3) is 0.0625. The molecule has 0 unspecified atom stereocenters. The number of hydrogen-bond donors (Lipinski definition) is 4. The number of phenolic OH excluding ortho intramolecular Hbond substituents is 4. The second-order valence-corrected chi connectivity index (χ2v) is 8.86. The van der Waals surface area contributed by atoms with E-state index in [0.29, 0.717) is 0 Å². The Labute approximate surface area is 210 Å². The van der Waals surface area contributed by atoms with Gasteiger partial charge in [-0.25, -0.2) is 0 Å². The quantitative estimate of drug-likeness (QED) is 0.203. The lowest BCUT2D eigenvalue weighted by molar-refractivity contribution is 0.474. The maximum absolute atomic E-state index is 9.93. The molecule has 0 aliphatic heterocycles. The fourth-order valence-corrected chi connectivity index (χ4v) is 4.81. The van der Waals surface area contributed by atoms with Crippen molar-refractivity contribution in [1.29, 1.82) is 0 Å². The van der Waals surface area contributed by atoms with Crippen molar-refractivity contribution >= 4 is 0 Å². The number of aromatic hydroxyl groups is 4. The summed E-state index contributed by atoms with van der Waals surface area (Å²) in [6.07, 6.45) is 0. The standard InChI is InChI=1S/C32H26O4/c33-25-13-5-21(6-14-25)31(22-7-15-26(34)16-8-22)29-3-1-2-4-30(29)32(23-9-17-27(35)18-10-23)24-11-19-28(36)20-12-24/h1-20,31-36H. The highest BCUT2D eigenvalue weighted by molar-refractivity contribution is 5.54. The third-order valence-corrected chi connectivity index (χ3v) is 6.52. The number of phenols is 4. The summed E-state index contributed by atoms with van der Waals surface area (Å²) in [5.74, 6) is 0.452. The number of hydrogen-bond acceptors (Lipinski definition) is 4. The summed E-state index contributed by atoms with van der Waals surface area (Å²) in [5.41, 5.74) is 6.14. The van der Waals surface area contributed by atoms with Gasteiger partial charge in [-0.05, 0) is 81.9 Å². The van der Waals surface area contributed by atoms with Gasteiger partial charge in [-0.2, -0.15) is 0 Å². The zero-order chi connectivity index (χ0) is 25.1. The molecule has 5 aromatic carbocycles. The smallest absolute Gasteiger partial charge is 0.115 e. The van der Waals surface area contributed by atoms with Crippen molar-refractivity contribution in [3.8, 4) is 23.0 Å². The molecule has 0 aromatic heterocycles. The molecule has 178 valence electrons. The van der Waals surface area contributed by atoms with E-state index in [2.05, 4.69) is 12.1 Å². The van der Waals surface area contributed by atoms with Crippen molar-refractivity contribution < 1.29 is 20.4 Å². The minimum Gasteiger partial charge on any atom is -0.508 e. The Hall–Kier alpha value is -4.70. The molecule has 0 aliphatic carbocycles. The second-order valence-electron chi connectivity index (χ2n) is 8.86. The van der Waals surface area contributed by atoms with Gasteiger partial charge < -0.3 is 20.4 Å². The summed E-state index contributed by atoms with van der Waals surface area (Å²) in [6, 6.07) is 37.0. The molecule has 36 heavy (non-hydrogen) atoms. The molecule has 0 aliphatic rings. The van der Waals surface area contributed by atoms with E-state index in [1.54, 1.807) is 48.5 Å². The van der Waals surface area contributed by atoms with Gasteiger partial charge in [-0.15, -0.1) is 0 Å². The van der Waals surface area contributed by atoms with Crippen LogP contribution in [0.3, 0.4) is 0 Å². The molecule has 4 nitrogen and oxygen atoms in total. The van der Waals surface area contributed by atoms with Crippen LogP contribution in [0.15, 0.2) is 121 Å². The average Bonchev–Trinajstić information content (AvgIpc) is 2.90. The summed E-state index contributed by atoms with van der Waals surface area (Å²) in [7, 11) is 0. The summed E-state index contributed by atoms with van der Waals surface area (Å²) in [6.45, 7) is 0. The van der Waals surface area contributed by atoms with E-state index < -0.39 is 0 Å². The van der Waals surface area contributed by atoms with Crippen molar-refractivity contribution in [1.82, 2.24) is 0 Å². The molecule has 4 heteroatoms. The van der Waals surface area contributed by atoms with E-state index in [-0.39, 0.29) is 34.8 Å². The maximum atomic E-state index is 9.93. The van der Waals surface area contributed by atoms with Crippen LogP contribution in [-0.4, -0.2) is 20.4 Å². The molecule has 0 fully saturated rings. The van der Waals surface area contributed by atoms with Crippen molar-refractivity contribution in [3.05, 3.63) is 155 Å². The first kappa shape index (κ1) is 23.1. The second kappa shape index (κ2) is 9.88. The fourth-order valence-electron chi connectivity index (χ4n) is 4.81. The number of benzene rings is 5. The molecule has 0 saturated carbocycles. The van der Waals surface area contributed by atoms with Crippen molar-refractivity contribution in [2.24, 2.45) is 0 Å². The Bertz CT molecular complexity index is 1230. The van der Waals surface area contributed by atoms with Crippen LogP contribution in [0.2, 0.25) is 0 Å². The molecule has 0 spiro atoms. The van der Waals surface area contributed by atoms with Gasteiger partial charge in [-0.3, -0.25) is 0 Å². The lowest BCUT2D eigenvalue weighted by Crippen LogP contribution is -2.11. The van der Waals surface area contributed by atoms with E-state index in [0.717, 1.165) is 33.4 Å². The van der Waals surface area contributed by atoms with Crippen LogP contribution in [0, 0.1) is 0 Å². The largest absolute Gasteiger partial charge is 0.508 e. The van der Waals surface area contributed by atoms with Crippen molar-refractivity contribution in [2.45, 2.75) is 11.8 Å². The zero-order valence-electron chi connectivity index (χ0n) is 19.5. The highest BCUT2D eigenvalue weighted by Gasteiger charge is 2.26. The van der Waals surface area contributed by atoms with E-state index in [1.807, 2.05) is 60.7 Å². The maximum Gasteiger partial charge on any atom is 0.115 e. The predicted octanol–water partition coefficient (Wildman–Crippen LogP) is 6.87. The van der Waals surface area contributed by atoms with Gasteiger partial charge in [0.05, 0.1) is 0 Å². The third kappa shape index (κ3) is 4.75. The topological polar surface area (TPSA) is 80.9 Å². The zero-order valence-corrected chi connectivity index (χ0v) is 19.5. The Morgan fingerprint density at radius 3 is 0.750 bits per heavy atom. The van der Waals surface area contributed by atoms with Crippen LogP contribution >= 0.6 is 0 Å². The average molecular weight is 475 g/mol. The molecule has 0 saturated heterocycles. The van der Waals surface area contributed by atoms with Crippen molar-refractivity contribution in [3.63, 3.8) is 0 Å². The minimum atomic E-state index is -0.167. The summed E-state index contributed by atoms with van der Waals surface area (Å²) >= 11 is 0. The van der Waals surface area contributed by atoms with E-state index in [4.69, 9.17) is 0 Å². The molecule has 0 atom stereocenters. The van der Waals surface area contributed by atoms with Gasteiger partial charge >= 0.3 is 0 Å². The monoisotopic (exact) mass is 474 g/mol. The Balaban J connectivity index is 1.74. The molecule has 0 amide bonds. The molecule has 0 heterocycles. The van der Waals surface area contributed by atoms with Gasteiger partial charge in [-0.1, -0.05) is 72.8 Å². The minimum absolute atomic E-state index is 0.167. The van der Waals surface area contributed by atoms with Crippen LogP contribution in [0.5, 0.6) is 23.0 Å². The first-order valence-electron chi connectivity index (χ1n) is 11.7. The Kier molecular flexibility index (Phi) is 6.33. The molecule has 4 N–H and O–H groups in total.